The zero-order valence-corrected chi connectivity index (χ0v) is 23.7. The first-order valence-corrected chi connectivity index (χ1v) is 14.0. The van der Waals surface area contributed by atoms with Gasteiger partial charge in [0.25, 0.3) is 0 Å². The van der Waals surface area contributed by atoms with E-state index < -0.39 is 0 Å². The number of unbranched alkanes of at least 4 members (excludes halogenated alkanes) is 21. The summed E-state index contributed by atoms with van der Waals surface area (Å²) in [6.07, 6.45) is 33.4. The van der Waals surface area contributed by atoms with Crippen molar-refractivity contribution in [3.63, 3.8) is 0 Å². The summed E-state index contributed by atoms with van der Waals surface area (Å²) in [6.45, 7) is 2.30. The molecule has 1 rings (SSSR count). The Morgan fingerprint density at radius 2 is 0.710 bits per heavy atom. The second kappa shape index (κ2) is 26.5. The molecule has 31 heavy (non-hydrogen) atoms. The van der Waals surface area contributed by atoms with Gasteiger partial charge < -0.3 is 1.43 Å². The first-order valence-electron chi connectivity index (χ1n) is 14.0. The largest absolute Gasteiger partial charge is 1.00 e. The molecule has 0 bridgehead atoms. The number of rotatable bonds is 23. The van der Waals surface area contributed by atoms with Crippen LogP contribution in [0.25, 0.3) is 0 Å². The third kappa shape index (κ3) is 23.2. The molecule has 0 radical (unpaired) electrons. The van der Waals surface area contributed by atoms with E-state index in [1.54, 1.807) is 0 Å². The summed E-state index contributed by atoms with van der Waals surface area (Å²) < 4.78 is 0. The van der Waals surface area contributed by atoms with E-state index in [0.717, 1.165) is 0 Å². The van der Waals surface area contributed by atoms with Crippen molar-refractivity contribution in [2.45, 2.75) is 155 Å². The minimum Gasteiger partial charge on any atom is -1.00 e. The minimum atomic E-state index is 0. The fraction of sp³-hybridized carbons (Fsp3) is 0.800. The van der Waals surface area contributed by atoms with Gasteiger partial charge in [0.15, 0.2) is 0 Å². The maximum absolute atomic E-state index is 2.30. The molecule has 0 aliphatic carbocycles. The Morgan fingerprint density at radius 3 is 1.03 bits per heavy atom. The van der Waals surface area contributed by atoms with Gasteiger partial charge in [-0.05, 0) is 18.4 Å². The van der Waals surface area contributed by atoms with Gasteiger partial charge in [-0.3, -0.25) is 0 Å². The molecule has 1 heteroatoms. The predicted molar refractivity (Wildman–Crippen MR) is 139 cm³/mol. The molecule has 0 N–H and O–H groups in total. The first-order chi connectivity index (χ1) is 14.9. The second-order valence-electron chi connectivity index (χ2n) is 9.66. The third-order valence-electron chi connectivity index (χ3n) is 6.66. The van der Waals surface area contributed by atoms with Gasteiger partial charge in [-0.25, -0.2) is 0 Å². The van der Waals surface area contributed by atoms with Crippen molar-refractivity contribution in [3.8, 4) is 0 Å². The van der Waals surface area contributed by atoms with Crippen molar-refractivity contribution in [1.82, 2.24) is 0 Å². The van der Waals surface area contributed by atoms with E-state index in [1.807, 2.05) is 0 Å². The van der Waals surface area contributed by atoms with Crippen molar-refractivity contribution in [2.75, 3.05) is 0 Å². The van der Waals surface area contributed by atoms with Gasteiger partial charge in [0.1, 0.15) is 0 Å². The molecule has 0 saturated carbocycles. The van der Waals surface area contributed by atoms with Crippen molar-refractivity contribution in [2.24, 2.45) is 0 Å². The van der Waals surface area contributed by atoms with Crippen LogP contribution in [-0.2, 0) is 6.42 Å². The Morgan fingerprint density at radius 1 is 0.419 bits per heavy atom. The summed E-state index contributed by atoms with van der Waals surface area (Å²) >= 11 is 0. The Kier molecular flexibility index (Phi) is 26.7. The second-order valence-corrected chi connectivity index (χ2v) is 9.66. The van der Waals surface area contributed by atoms with Gasteiger partial charge in [0, 0.05) is 0 Å². The molecule has 176 valence electrons. The van der Waals surface area contributed by atoms with Gasteiger partial charge in [0.05, 0.1) is 0 Å². The Balaban J connectivity index is 0. The SMILES string of the molecule is CCCCCCCCCCCCCCCCCCCCCCCCc1ccccc1.[H-].[Na+]. The molecule has 1 aromatic rings. The molecule has 0 atom stereocenters. The van der Waals surface area contributed by atoms with Crippen LogP contribution in [0.1, 0.15) is 155 Å². The summed E-state index contributed by atoms with van der Waals surface area (Å²) in [5.74, 6) is 0. The van der Waals surface area contributed by atoms with E-state index in [1.165, 1.54) is 153 Å². The van der Waals surface area contributed by atoms with Crippen molar-refractivity contribution in [3.05, 3.63) is 35.9 Å². The molecule has 0 aliphatic heterocycles. The molecule has 0 heterocycles. The van der Waals surface area contributed by atoms with Crippen LogP contribution in [0, 0.1) is 0 Å². The van der Waals surface area contributed by atoms with Crippen LogP contribution in [0.5, 0.6) is 0 Å². The fourth-order valence-corrected chi connectivity index (χ4v) is 4.58. The molecule has 0 saturated heterocycles. The van der Waals surface area contributed by atoms with Gasteiger partial charge >= 0.3 is 29.6 Å². The average Bonchev–Trinajstić information content (AvgIpc) is 2.78. The standard InChI is InChI=1S/C30H54.Na.H/c1-2-3-4-5-6-7-8-9-10-11-12-13-14-15-16-17-18-19-20-21-22-24-27-30-28-25-23-26-29-30;;/h23,25-26,28-29H,2-22,24,27H2,1H3;;/q;+1;-1. The molecular weight excluding hydrogens is 383 g/mol. The number of hydrogen-bond donors (Lipinski definition) is 0. The Bertz CT molecular complexity index is 434. The van der Waals surface area contributed by atoms with Crippen LogP contribution in [0.4, 0.5) is 0 Å². The van der Waals surface area contributed by atoms with Crippen LogP contribution >= 0.6 is 0 Å². The third-order valence-corrected chi connectivity index (χ3v) is 6.66. The van der Waals surface area contributed by atoms with Crippen LogP contribution < -0.4 is 29.6 Å². The molecule has 0 spiro atoms. The normalized spacial score (nSPS) is 10.9. The van der Waals surface area contributed by atoms with Crippen LogP contribution in [0.3, 0.4) is 0 Å². The van der Waals surface area contributed by atoms with E-state index in [4.69, 9.17) is 0 Å². The van der Waals surface area contributed by atoms with Crippen molar-refractivity contribution in [1.29, 1.82) is 0 Å². The minimum absolute atomic E-state index is 0. The van der Waals surface area contributed by atoms with Gasteiger partial charge in [-0.1, -0.05) is 172 Å². The smallest absolute Gasteiger partial charge is 1.00 e. The molecule has 0 fully saturated rings. The van der Waals surface area contributed by atoms with Crippen molar-refractivity contribution < 1.29 is 31.0 Å². The summed E-state index contributed by atoms with van der Waals surface area (Å²) in [7, 11) is 0. The number of aryl methyl sites for hydroxylation is 1. The van der Waals surface area contributed by atoms with E-state index >= 15 is 0 Å². The monoisotopic (exact) mass is 438 g/mol. The predicted octanol–water partition coefficient (Wildman–Crippen LogP) is 7.95. The maximum atomic E-state index is 2.30. The average molecular weight is 439 g/mol. The summed E-state index contributed by atoms with van der Waals surface area (Å²) in [6, 6.07) is 11.0. The molecule has 0 amide bonds. The van der Waals surface area contributed by atoms with Crippen molar-refractivity contribution >= 4 is 0 Å². The quantitative estimate of drug-likeness (QED) is 0.120. The number of benzene rings is 1. The summed E-state index contributed by atoms with van der Waals surface area (Å²) in [5.41, 5.74) is 1.51. The van der Waals surface area contributed by atoms with Crippen LogP contribution in [0.2, 0.25) is 0 Å². The number of hydrogen-bond acceptors (Lipinski definition) is 0. The molecule has 0 nitrogen and oxygen atoms in total. The summed E-state index contributed by atoms with van der Waals surface area (Å²) in [5, 5.41) is 0. The Hall–Kier alpha value is 0.220. The Labute approximate surface area is 220 Å². The van der Waals surface area contributed by atoms with E-state index in [0.29, 0.717) is 0 Å². The van der Waals surface area contributed by atoms with Gasteiger partial charge in [0.2, 0.25) is 0 Å². The van der Waals surface area contributed by atoms with Gasteiger partial charge in [-0.2, -0.15) is 0 Å². The van der Waals surface area contributed by atoms with E-state index in [-0.39, 0.29) is 31.0 Å². The molecule has 0 aliphatic rings. The molecular formula is C30H55Na. The van der Waals surface area contributed by atoms with Gasteiger partial charge in [-0.15, -0.1) is 0 Å². The first kappa shape index (κ1) is 31.2. The maximum Gasteiger partial charge on any atom is 1.00 e. The zero-order chi connectivity index (χ0) is 21.4. The van der Waals surface area contributed by atoms with E-state index in [9.17, 15) is 0 Å². The molecule has 0 aromatic heterocycles. The van der Waals surface area contributed by atoms with Crippen LogP contribution in [-0.4, -0.2) is 0 Å². The summed E-state index contributed by atoms with van der Waals surface area (Å²) in [4.78, 5) is 0. The van der Waals surface area contributed by atoms with Crippen LogP contribution in [0.15, 0.2) is 30.3 Å². The molecule has 0 unspecified atom stereocenters. The zero-order valence-electron chi connectivity index (χ0n) is 22.7. The fourth-order valence-electron chi connectivity index (χ4n) is 4.58. The van der Waals surface area contributed by atoms with E-state index in [2.05, 4.69) is 37.3 Å². The topological polar surface area (TPSA) is 0 Å². The molecule has 1 aromatic carbocycles.